The molecule has 1 saturated carbocycles. The maximum absolute atomic E-state index is 14.3. The summed E-state index contributed by atoms with van der Waals surface area (Å²) in [6.07, 6.45) is 1.86. The Kier molecular flexibility index (Phi) is 4.21. The Balaban J connectivity index is 1.72. The molecule has 1 N–H and O–H groups in total. The Labute approximate surface area is 156 Å². The van der Waals surface area contributed by atoms with E-state index in [1.54, 1.807) is 13.8 Å². The predicted molar refractivity (Wildman–Crippen MR) is 100 cm³/mol. The molecule has 2 aromatic carbocycles. The minimum atomic E-state index is -1.05. The van der Waals surface area contributed by atoms with E-state index in [0.29, 0.717) is 11.7 Å². The van der Waals surface area contributed by atoms with Crippen LogP contribution < -0.4 is 0 Å². The molecule has 0 radical (unpaired) electrons. The molecule has 1 aliphatic rings. The second-order valence-corrected chi connectivity index (χ2v) is 7.97. The van der Waals surface area contributed by atoms with Gasteiger partial charge in [-0.1, -0.05) is 41.5 Å². The van der Waals surface area contributed by atoms with Gasteiger partial charge in [0.25, 0.3) is 0 Å². The molecular weight excluding hydrogens is 345 g/mol. The van der Waals surface area contributed by atoms with E-state index < -0.39 is 17.5 Å². The maximum atomic E-state index is 14.3. The predicted octanol–water partition coefficient (Wildman–Crippen LogP) is 4.15. The number of benzene rings is 2. The molecule has 140 valence electrons. The van der Waals surface area contributed by atoms with Crippen molar-refractivity contribution in [1.29, 1.82) is 0 Å². The van der Waals surface area contributed by atoms with Gasteiger partial charge >= 0.3 is 12.0 Å². The molecule has 0 aliphatic heterocycles. The van der Waals surface area contributed by atoms with E-state index in [9.17, 15) is 14.3 Å². The number of halogens is 1. The van der Waals surface area contributed by atoms with Gasteiger partial charge in [0.05, 0.1) is 12.0 Å². The summed E-state index contributed by atoms with van der Waals surface area (Å²) in [4.78, 5) is 11.4. The Morgan fingerprint density at radius 1 is 1.19 bits per heavy atom. The molecular formula is C21H22FN3O2. The van der Waals surface area contributed by atoms with Crippen molar-refractivity contribution in [1.82, 2.24) is 14.8 Å². The number of carboxylic acid groups (broad SMARTS) is 1. The van der Waals surface area contributed by atoms with Crippen LogP contribution in [0.1, 0.15) is 49.6 Å². The molecule has 0 bridgehead atoms. The fourth-order valence-electron chi connectivity index (χ4n) is 3.51. The lowest BCUT2D eigenvalue weighted by Gasteiger charge is -2.19. The second-order valence-electron chi connectivity index (χ2n) is 7.97. The molecule has 0 unspecified atom stereocenters. The number of rotatable bonds is 6. The maximum Gasteiger partial charge on any atom is 0.309 e. The molecule has 1 aromatic heterocycles. The number of carboxylic acids is 1. The highest BCUT2D eigenvalue weighted by molar-refractivity contribution is 5.89. The van der Waals surface area contributed by atoms with Gasteiger partial charge in [-0.15, -0.1) is 5.10 Å². The standard InChI is InChI=1S/C21H22FN3O2/c1-21(2,19(26)27)11-18-23-24-20(22)25(18)12-14-9-10-16(13-7-8-13)17-6-4-3-5-15(14)17/h3-6,9-10,13H,7-8,11-12H2,1-2H3,(H,26,27). The Bertz CT molecular complexity index is 1020. The molecule has 0 atom stereocenters. The molecule has 1 heterocycles. The largest absolute Gasteiger partial charge is 0.481 e. The monoisotopic (exact) mass is 367 g/mol. The zero-order valence-corrected chi connectivity index (χ0v) is 15.4. The summed E-state index contributed by atoms with van der Waals surface area (Å²) in [7, 11) is 0. The first-order valence-corrected chi connectivity index (χ1v) is 9.18. The van der Waals surface area contributed by atoms with Gasteiger partial charge in [0, 0.05) is 6.42 Å². The molecule has 0 amide bonds. The smallest absolute Gasteiger partial charge is 0.309 e. The first-order chi connectivity index (χ1) is 12.9. The minimum Gasteiger partial charge on any atom is -0.481 e. The van der Waals surface area contributed by atoms with Crippen LogP contribution in [0.15, 0.2) is 36.4 Å². The Hall–Kier alpha value is -2.76. The summed E-state index contributed by atoms with van der Waals surface area (Å²) in [5, 5.41) is 19.1. The molecule has 0 spiro atoms. The number of aliphatic carboxylic acids is 1. The van der Waals surface area contributed by atoms with Crippen molar-refractivity contribution in [3.63, 3.8) is 0 Å². The topological polar surface area (TPSA) is 68.0 Å². The van der Waals surface area contributed by atoms with Crippen molar-refractivity contribution < 1.29 is 14.3 Å². The fraction of sp³-hybridized carbons (Fsp3) is 0.381. The first-order valence-electron chi connectivity index (χ1n) is 9.18. The number of hydrogen-bond acceptors (Lipinski definition) is 3. The van der Waals surface area contributed by atoms with Gasteiger partial charge in [-0.25, -0.2) is 0 Å². The van der Waals surface area contributed by atoms with Crippen molar-refractivity contribution in [2.45, 2.75) is 45.6 Å². The van der Waals surface area contributed by atoms with E-state index in [0.717, 1.165) is 10.9 Å². The molecule has 4 rings (SSSR count). The van der Waals surface area contributed by atoms with Gasteiger partial charge in [0.2, 0.25) is 0 Å². The van der Waals surface area contributed by atoms with Crippen molar-refractivity contribution in [3.8, 4) is 0 Å². The second kappa shape index (κ2) is 6.44. The highest BCUT2D eigenvalue weighted by Crippen LogP contribution is 2.43. The highest BCUT2D eigenvalue weighted by atomic mass is 19.1. The molecule has 1 aliphatic carbocycles. The summed E-state index contributed by atoms with van der Waals surface area (Å²) in [6, 6.07) is 12.4. The summed E-state index contributed by atoms with van der Waals surface area (Å²) in [5.74, 6) is 0.0227. The van der Waals surface area contributed by atoms with Crippen LogP contribution in [-0.4, -0.2) is 25.8 Å². The van der Waals surface area contributed by atoms with E-state index >= 15 is 0 Å². The van der Waals surface area contributed by atoms with Crippen LogP contribution in [0.4, 0.5) is 4.39 Å². The van der Waals surface area contributed by atoms with Gasteiger partial charge in [-0.05, 0) is 54.5 Å². The summed E-state index contributed by atoms with van der Waals surface area (Å²) in [5.41, 5.74) is 1.28. The van der Waals surface area contributed by atoms with Crippen LogP contribution in [0, 0.1) is 11.5 Å². The highest BCUT2D eigenvalue weighted by Gasteiger charge is 2.31. The summed E-state index contributed by atoms with van der Waals surface area (Å²) >= 11 is 0. The SMILES string of the molecule is CC(C)(Cc1nnc(F)n1Cc1ccc(C2CC2)c2ccccc12)C(=O)O. The van der Waals surface area contributed by atoms with Gasteiger partial charge in [0.15, 0.2) is 0 Å². The third-order valence-electron chi connectivity index (χ3n) is 5.35. The van der Waals surface area contributed by atoms with Crippen LogP contribution in [0.5, 0.6) is 0 Å². The Morgan fingerprint density at radius 3 is 2.56 bits per heavy atom. The van der Waals surface area contributed by atoms with Crippen molar-refractivity contribution in [2.75, 3.05) is 0 Å². The average Bonchev–Trinajstić information content (AvgIpc) is 3.42. The molecule has 3 aromatic rings. The Morgan fingerprint density at radius 2 is 1.89 bits per heavy atom. The van der Waals surface area contributed by atoms with Crippen molar-refractivity contribution in [3.05, 3.63) is 59.4 Å². The van der Waals surface area contributed by atoms with Crippen LogP contribution in [0.3, 0.4) is 0 Å². The summed E-state index contributed by atoms with van der Waals surface area (Å²) < 4.78 is 15.7. The lowest BCUT2D eigenvalue weighted by molar-refractivity contribution is -0.146. The van der Waals surface area contributed by atoms with E-state index in [1.165, 1.54) is 28.4 Å². The number of fused-ring (bicyclic) bond motifs is 1. The van der Waals surface area contributed by atoms with Crippen LogP contribution >= 0.6 is 0 Å². The number of carbonyl (C=O) groups is 1. The lowest BCUT2D eigenvalue weighted by atomic mass is 9.89. The van der Waals surface area contributed by atoms with E-state index in [4.69, 9.17) is 0 Å². The fourth-order valence-corrected chi connectivity index (χ4v) is 3.51. The van der Waals surface area contributed by atoms with Gasteiger partial charge in [-0.3, -0.25) is 9.36 Å². The van der Waals surface area contributed by atoms with Gasteiger partial charge < -0.3 is 5.11 Å². The van der Waals surface area contributed by atoms with Crippen LogP contribution in [0.25, 0.3) is 10.8 Å². The van der Waals surface area contributed by atoms with E-state index in [1.807, 2.05) is 18.2 Å². The van der Waals surface area contributed by atoms with Gasteiger partial charge in [0.1, 0.15) is 5.82 Å². The van der Waals surface area contributed by atoms with Crippen molar-refractivity contribution >= 4 is 16.7 Å². The third kappa shape index (κ3) is 3.31. The number of nitrogens with zero attached hydrogens (tertiary/aromatic N) is 3. The number of hydrogen-bond donors (Lipinski definition) is 1. The zero-order chi connectivity index (χ0) is 19.2. The van der Waals surface area contributed by atoms with Crippen LogP contribution in [0.2, 0.25) is 0 Å². The number of aromatic nitrogens is 3. The normalized spacial score (nSPS) is 14.6. The minimum absolute atomic E-state index is 0.108. The van der Waals surface area contributed by atoms with Gasteiger partial charge in [-0.2, -0.15) is 4.39 Å². The average molecular weight is 367 g/mol. The quantitative estimate of drug-likeness (QED) is 0.711. The third-order valence-corrected chi connectivity index (χ3v) is 5.35. The molecule has 27 heavy (non-hydrogen) atoms. The molecule has 6 heteroatoms. The van der Waals surface area contributed by atoms with Crippen LogP contribution in [-0.2, 0) is 17.8 Å². The van der Waals surface area contributed by atoms with E-state index in [2.05, 4.69) is 28.4 Å². The van der Waals surface area contributed by atoms with E-state index in [-0.39, 0.29) is 13.0 Å². The zero-order valence-electron chi connectivity index (χ0n) is 15.4. The molecule has 0 saturated heterocycles. The summed E-state index contributed by atoms with van der Waals surface area (Å²) in [6.45, 7) is 3.48. The lowest BCUT2D eigenvalue weighted by Crippen LogP contribution is -2.28. The molecule has 1 fully saturated rings. The first kappa shape index (κ1) is 17.6. The molecule has 5 nitrogen and oxygen atoms in total. The van der Waals surface area contributed by atoms with Crippen molar-refractivity contribution in [2.24, 2.45) is 5.41 Å².